The Morgan fingerprint density at radius 2 is 2.32 bits per heavy atom. The molecule has 1 atom stereocenters. The smallest absolute Gasteiger partial charge is 0.255 e. The number of anilines is 1. The highest BCUT2D eigenvalue weighted by atomic mass is 16.1. The van der Waals surface area contributed by atoms with Gasteiger partial charge in [-0.2, -0.15) is 0 Å². The minimum absolute atomic E-state index is 0.0279. The van der Waals surface area contributed by atoms with Crippen molar-refractivity contribution in [2.75, 3.05) is 11.9 Å². The molecule has 0 spiro atoms. The summed E-state index contributed by atoms with van der Waals surface area (Å²) < 4.78 is 0. The van der Waals surface area contributed by atoms with Crippen LogP contribution in [0.4, 0.5) is 5.69 Å². The van der Waals surface area contributed by atoms with E-state index in [1.54, 1.807) is 12.4 Å². The van der Waals surface area contributed by atoms with Crippen LogP contribution in [0.2, 0.25) is 0 Å². The summed E-state index contributed by atoms with van der Waals surface area (Å²) in [6.45, 7) is 5.04. The summed E-state index contributed by atoms with van der Waals surface area (Å²) in [6.07, 6.45) is 8.09. The van der Waals surface area contributed by atoms with Gasteiger partial charge in [0.15, 0.2) is 0 Å². The SMILES string of the molecule is CCCNc1ccncc1C(=O)NC(C)CC1CC1. The van der Waals surface area contributed by atoms with Crippen LogP contribution >= 0.6 is 0 Å². The normalized spacial score (nSPS) is 15.9. The van der Waals surface area contributed by atoms with Gasteiger partial charge in [-0.15, -0.1) is 0 Å². The summed E-state index contributed by atoms with van der Waals surface area (Å²) in [7, 11) is 0. The Bertz CT molecular complexity index is 429. The average molecular weight is 261 g/mol. The van der Waals surface area contributed by atoms with Crippen molar-refractivity contribution in [1.82, 2.24) is 10.3 Å². The van der Waals surface area contributed by atoms with Crippen molar-refractivity contribution in [2.45, 2.75) is 45.6 Å². The zero-order chi connectivity index (χ0) is 13.7. The molecule has 1 aliphatic rings. The molecule has 4 heteroatoms. The highest BCUT2D eigenvalue weighted by Gasteiger charge is 2.24. The molecule has 0 aliphatic heterocycles. The molecular formula is C15H23N3O. The van der Waals surface area contributed by atoms with Crippen LogP contribution in [0.5, 0.6) is 0 Å². The number of hydrogen-bond donors (Lipinski definition) is 2. The number of pyridine rings is 1. The number of nitrogens with zero attached hydrogens (tertiary/aromatic N) is 1. The lowest BCUT2D eigenvalue weighted by molar-refractivity contribution is 0.0938. The summed E-state index contributed by atoms with van der Waals surface area (Å²) in [5.74, 6) is 0.793. The van der Waals surface area contributed by atoms with Gasteiger partial charge in [0.25, 0.3) is 5.91 Å². The van der Waals surface area contributed by atoms with Crippen LogP contribution in [0.3, 0.4) is 0 Å². The van der Waals surface area contributed by atoms with Gasteiger partial charge in [0.2, 0.25) is 0 Å². The summed E-state index contributed by atoms with van der Waals surface area (Å²) in [5.41, 5.74) is 1.51. The minimum atomic E-state index is -0.0279. The Kier molecular flexibility index (Phi) is 4.77. The molecule has 1 amide bonds. The molecule has 1 saturated carbocycles. The quantitative estimate of drug-likeness (QED) is 0.793. The molecule has 104 valence electrons. The zero-order valence-corrected chi connectivity index (χ0v) is 11.8. The lowest BCUT2D eigenvalue weighted by Crippen LogP contribution is -2.33. The molecule has 1 aliphatic carbocycles. The topological polar surface area (TPSA) is 54.0 Å². The molecule has 1 fully saturated rings. The Hall–Kier alpha value is -1.58. The fourth-order valence-corrected chi connectivity index (χ4v) is 2.20. The number of carbonyl (C=O) groups is 1. The predicted molar refractivity (Wildman–Crippen MR) is 77.3 cm³/mol. The lowest BCUT2D eigenvalue weighted by atomic mass is 10.1. The van der Waals surface area contributed by atoms with E-state index in [1.165, 1.54) is 12.8 Å². The van der Waals surface area contributed by atoms with Crippen LogP contribution in [0.1, 0.15) is 49.9 Å². The van der Waals surface area contributed by atoms with Crippen molar-refractivity contribution in [3.63, 3.8) is 0 Å². The second kappa shape index (κ2) is 6.55. The number of carbonyl (C=O) groups excluding carboxylic acids is 1. The van der Waals surface area contributed by atoms with Gasteiger partial charge in [0, 0.05) is 25.0 Å². The number of aromatic nitrogens is 1. The molecule has 1 heterocycles. The highest BCUT2D eigenvalue weighted by molar-refractivity contribution is 5.99. The predicted octanol–water partition coefficient (Wildman–Crippen LogP) is 2.82. The molecule has 4 nitrogen and oxygen atoms in total. The van der Waals surface area contributed by atoms with Gasteiger partial charge in [-0.3, -0.25) is 9.78 Å². The van der Waals surface area contributed by atoms with Gasteiger partial charge in [-0.25, -0.2) is 0 Å². The largest absolute Gasteiger partial charge is 0.384 e. The van der Waals surface area contributed by atoms with E-state index in [-0.39, 0.29) is 11.9 Å². The molecule has 0 saturated heterocycles. The number of nitrogens with one attached hydrogen (secondary N) is 2. The maximum absolute atomic E-state index is 12.2. The molecule has 2 rings (SSSR count). The van der Waals surface area contributed by atoms with Crippen LogP contribution in [-0.4, -0.2) is 23.5 Å². The Morgan fingerprint density at radius 3 is 3.00 bits per heavy atom. The molecule has 0 bridgehead atoms. The zero-order valence-electron chi connectivity index (χ0n) is 11.8. The molecule has 0 aromatic carbocycles. The van der Waals surface area contributed by atoms with E-state index in [4.69, 9.17) is 0 Å². The van der Waals surface area contributed by atoms with Gasteiger partial charge in [0.05, 0.1) is 11.3 Å². The van der Waals surface area contributed by atoms with Crippen LogP contribution < -0.4 is 10.6 Å². The van der Waals surface area contributed by atoms with Crippen LogP contribution in [0.15, 0.2) is 18.5 Å². The molecule has 1 aromatic rings. The van der Waals surface area contributed by atoms with Crippen molar-refractivity contribution >= 4 is 11.6 Å². The second-order valence-electron chi connectivity index (χ2n) is 5.40. The third-order valence-corrected chi connectivity index (χ3v) is 3.39. The maximum atomic E-state index is 12.2. The van der Waals surface area contributed by atoms with Crippen LogP contribution in [-0.2, 0) is 0 Å². The first-order valence-electron chi connectivity index (χ1n) is 7.19. The summed E-state index contributed by atoms with van der Waals surface area (Å²) >= 11 is 0. The first-order valence-corrected chi connectivity index (χ1v) is 7.19. The van der Waals surface area contributed by atoms with Crippen molar-refractivity contribution in [3.8, 4) is 0 Å². The van der Waals surface area contributed by atoms with E-state index in [0.29, 0.717) is 5.56 Å². The number of rotatable bonds is 7. The van der Waals surface area contributed by atoms with Crippen molar-refractivity contribution in [1.29, 1.82) is 0 Å². The summed E-state index contributed by atoms with van der Waals surface area (Å²) in [6, 6.07) is 2.09. The van der Waals surface area contributed by atoms with Gasteiger partial charge < -0.3 is 10.6 Å². The second-order valence-corrected chi connectivity index (χ2v) is 5.40. The standard InChI is InChI=1S/C15H23N3O/c1-3-7-17-14-6-8-16-10-13(14)15(19)18-11(2)9-12-4-5-12/h6,8,10-12H,3-5,7,9H2,1-2H3,(H,16,17)(H,18,19). The van der Waals surface area contributed by atoms with E-state index in [2.05, 4.69) is 29.5 Å². The van der Waals surface area contributed by atoms with E-state index >= 15 is 0 Å². The van der Waals surface area contributed by atoms with Gasteiger partial charge in [-0.05, 0) is 31.7 Å². The average Bonchev–Trinajstić information content (AvgIpc) is 3.20. The van der Waals surface area contributed by atoms with E-state index in [1.807, 2.05) is 6.07 Å². The van der Waals surface area contributed by atoms with Gasteiger partial charge in [-0.1, -0.05) is 19.8 Å². The first-order chi connectivity index (χ1) is 9.20. The third-order valence-electron chi connectivity index (χ3n) is 3.39. The van der Waals surface area contributed by atoms with Crippen LogP contribution in [0.25, 0.3) is 0 Å². The minimum Gasteiger partial charge on any atom is -0.384 e. The molecule has 19 heavy (non-hydrogen) atoms. The van der Waals surface area contributed by atoms with Crippen molar-refractivity contribution in [3.05, 3.63) is 24.0 Å². The molecule has 0 radical (unpaired) electrons. The Morgan fingerprint density at radius 1 is 1.53 bits per heavy atom. The van der Waals surface area contributed by atoms with Gasteiger partial charge >= 0.3 is 0 Å². The van der Waals surface area contributed by atoms with Crippen molar-refractivity contribution in [2.24, 2.45) is 5.92 Å². The summed E-state index contributed by atoms with van der Waals surface area (Å²) in [5, 5.41) is 6.33. The van der Waals surface area contributed by atoms with Crippen LogP contribution in [0, 0.1) is 5.92 Å². The van der Waals surface area contributed by atoms with E-state index in [0.717, 1.165) is 31.0 Å². The fraction of sp³-hybridized carbons (Fsp3) is 0.600. The van der Waals surface area contributed by atoms with E-state index < -0.39 is 0 Å². The molecule has 1 aromatic heterocycles. The lowest BCUT2D eigenvalue weighted by Gasteiger charge is -2.15. The molecule has 1 unspecified atom stereocenters. The summed E-state index contributed by atoms with van der Waals surface area (Å²) in [4.78, 5) is 16.3. The fourth-order valence-electron chi connectivity index (χ4n) is 2.20. The Balaban J connectivity index is 1.96. The third kappa shape index (κ3) is 4.23. The monoisotopic (exact) mass is 261 g/mol. The van der Waals surface area contributed by atoms with Gasteiger partial charge in [0.1, 0.15) is 0 Å². The molecular weight excluding hydrogens is 238 g/mol. The Labute approximate surface area is 115 Å². The highest BCUT2D eigenvalue weighted by Crippen LogP contribution is 2.33. The number of amides is 1. The first kappa shape index (κ1) is 13.8. The maximum Gasteiger partial charge on any atom is 0.255 e. The molecule has 2 N–H and O–H groups in total. The van der Waals surface area contributed by atoms with Crippen molar-refractivity contribution < 1.29 is 4.79 Å². The van der Waals surface area contributed by atoms with E-state index in [9.17, 15) is 4.79 Å². The number of hydrogen-bond acceptors (Lipinski definition) is 3.